The Balaban J connectivity index is 2.38. The molecule has 1 aromatic carbocycles. The Labute approximate surface area is 106 Å². The van der Waals surface area contributed by atoms with Crippen LogP contribution in [0.15, 0.2) is 18.2 Å². The highest BCUT2D eigenvalue weighted by Gasteiger charge is 2.24. The summed E-state index contributed by atoms with van der Waals surface area (Å²) in [6.45, 7) is 0. The zero-order chi connectivity index (χ0) is 11.7. The highest BCUT2D eigenvalue weighted by atomic mass is 35.5. The molecule has 0 spiro atoms. The average Bonchev–Trinajstić information content (AvgIpc) is 2.13. The van der Waals surface area contributed by atoms with Gasteiger partial charge in [-0.05, 0) is 31.4 Å². The third-order valence-corrected chi connectivity index (χ3v) is 3.76. The van der Waals surface area contributed by atoms with Crippen molar-refractivity contribution in [1.82, 2.24) is 0 Å². The van der Waals surface area contributed by atoms with Crippen molar-refractivity contribution in [3.8, 4) is 0 Å². The molecule has 2 rings (SSSR count). The Hall–Kier alpha value is -0.800. The van der Waals surface area contributed by atoms with E-state index in [9.17, 15) is 0 Å². The summed E-state index contributed by atoms with van der Waals surface area (Å²) < 4.78 is 0. The fourth-order valence-electron chi connectivity index (χ4n) is 2.02. The molecule has 2 N–H and O–H groups in total. The van der Waals surface area contributed by atoms with Gasteiger partial charge in [-0.2, -0.15) is 0 Å². The van der Waals surface area contributed by atoms with Crippen LogP contribution in [0.1, 0.15) is 24.8 Å². The molecule has 0 bridgehead atoms. The minimum absolute atomic E-state index is 0.367. The van der Waals surface area contributed by atoms with E-state index < -0.39 is 0 Å². The number of hydrogen-bond acceptors (Lipinski definition) is 2. The lowest BCUT2D eigenvalue weighted by atomic mass is 9.91. The van der Waals surface area contributed by atoms with Crippen molar-refractivity contribution in [2.24, 2.45) is 5.73 Å². The zero-order valence-electron chi connectivity index (χ0n) is 9.24. The van der Waals surface area contributed by atoms with Gasteiger partial charge in [0.2, 0.25) is 0 Å². The first-order valence-corrected chi connectivity index (χ1v) is 6.21. The first-order valence-electron chi connectivity index (χ1n) is 5.42. The molecule has 16 heavy (non-hydrogen) atoms. The molecule has 1 fully saturated rings. The lowest BCUT2D eigenvalue weighted by Gasteiger charge is -2.37. The molecule has 0 radical (unpaired) electrons. The number of benzene rings is 1. The Bertz CT molecular complexity index is 415. The fourth-order valence-corrected chi connectivity index (χ4v) is 2.56. The van der Waals surface area contributed by atoms with Crippen LogP contribution in [0.2, 0.25) is 5.02 Å². The van der Waals surface area contributed by atoms with Crippen molar-refractivity contribution in [3.63, 3.8) is 0 Å². The fraction of sp³-hybridized carbons (Fsp3) is 0.417. The van der Waals surface area contributed by atoms with Crippen LogP contribution >= 0.6 is 23.8 Å². The first-order chi connectivity index (χ1) is 7.61. The van der Waals surface area contributed by atoms with E-state index in [1.807, 2.05) is 18.2 Å². The summed E-state index contributed by atoms with van der Waals surface area (Å²) in [6.07, 6.45) is 3.78. The molecule has 0 aromatic heterocycles. The summed E-state index contributed by atoms with van der Waals surface area (Å²) in [5, 5.41) is 0.635. The summed E-state index contributed by atoms with van der Waals surface area (Å²) in [4.78, 5) is 2.61. The van der Waals surface area contributed by atoms with Crippen molar-refractivity contribution < 1.29 is 0 Å². The number of rotatable bonds is 3. The third kappa shape index (κ3) is 2.02. The molecule has 0 heterocycles. The second kappa shape index (κ2) is 4.60. The van der Waals surface area contributed by atoms with Gasteiger partial charge < -0.3 is 10.6 Å². The van der Waals surface area contributed by atoms with Crippen LogP contribution in [0, 0.1) is 0 Å². The second-order valence-corrected chi connectivity index (χ2v) is 5.04. The van der Waals surface area contributed by atoms with Gasteiger partial charge in [0.05, 0.1) is 10.6 Å². The summed E-state index contributed by atoms with van der Waals surface area (Å²) in [7, 11) is 2.08. The number of hydrogen-bond donors (Lipinski definition) is 1. The lowest BCUT2D eigenvalue weighted by molar-refractivity contribution is 0.401. The number of thiocarbonyl (C=S) groups is 1. The van der Waals surface area contributed by atoms with E-state index in [-0.39, 0.29) is 0 Å². The Morgan fingerprint density at radius 3 is 2.69 bits per heavy atom. The Kier molecular flexibility index (Phi) is 3.36. The highest BCUT2D eigenvalue weighted by molar-refractivity contribution is 7.80. The smallest absolute Gasteiger partial charge is 0.107 e. The molecule has 0 atom stereocenters. The predicted octanol–water partition coefficient (Wildman–Crippen LogP) is 2.96. The average molecular weight is 255 g/mol. The topological polar surface area (TPSA) is 29.3 Å². The molecule has 1 aliphatic carbocycles. The molecule has 1 aromatic rings. The third-order valence-electron chi connectivity index (χ3n) is 3.24. The molecule has 0 saturated heterocycles. The van der Waals surface area contributed by atoms with E-state index in [1.54, 1.807) is 0 Å². The standard InChI is InChI=1S/C12H15ClN2S/c1-15(8-4-2-5-8)10-7-3-6-9(13)11(10)12(14)16/h3,6-8H,2,4-5H2,1H3,(H2,14,16). The summed E-state index contributed by atoms with van der Waals surface area (Å²) in [5.41, 5.74) is 7.58. The maximum absolute atomic E-state index is 6.14. The van der Waals surface area contributed by atoms with Gasteiger partial charge in [0.15, 0.2) is 0 Å². The Morgan fingerprint density at radius 2 is 2.19 bits per heavy atom. The predicted molar refractivity (Wildman–Crippen MR) is 73.4 cm³/mol. The van der Waals surface area contributed by atoms with Gasteiger partial charge in [0, 0.05) is 18.8 Å². The van der Waals surface area contributed by atoms with Crippen LogP contribution in [0.4, 0.5) is 5.69 Å². The summed E-state index contributed by atoms with van der Waals surface area (Å²) >= 11 is 11.2. The van der Waals surface area contributed by atoms with E-state index in [1.165, 1.54) is 19.3 Å². The van der Waals surface area contributed by atoms with Crippen molar-refractivity contribution in [1.29, 1.82) is 0 Å². The molecule has 0 unspecified atom stereocenters. The molecular weight excluding hydrogens is 240 g/mol. The van der Waals surface area contributed by atoms with Crippen molar-refractivity contribution >= 4 is 34.5 Å². The van der Waals surface area contributed by atoms with E-state index in [0.29, 0.717) is 16.1 Å². The molecule has 4 heteroatoms. The quantitative estimate of drug-likeness (QED) is 0.841. The zero-order valence-corrected chi connectivity index (χ0v) is 10.8. The van der Waals surface area contributed by atoms with E-state index >= 15 is 0 Å². The highest BCUT2D eigenvalue weighted by Crippen LogP contribution is 2.33. The van der Waals surface area contributed by atoms with Crippen molar-refractivity contribution in [2.75, 3.05) is 11.9 Å². The molecule has 2 nitrogen and oxygen atoms in total. The summed E-state index contributed by atoms with van der Waals surface area (Å²) in [6, 6.07) is 6.40. The minimum Gasteiger partial charge on any atom is -0.389 e. The molecule has 0 aliphatic heterocycles. The van der Waals surface area contributed by atoms with E-state index in [0.717, 1.165) is 11.3 Å². The number of nitrogens with two attached hydrogens (primary N) is 1. The Morgan fingerprint density at radius 1 is 1.50 bits per heavy atom. The first kappa shape index (κ1) is 11.7. The van der Waals surface area contributed by atoms with Crippen LogP contribution in [-0.4, -0.2) is 18.1 Å². The normalized spacial score (nSPS) is 15.6. The van der Waals surface area contributed by atoms with E-state index in [2.05, 4.69) is 11.9 Å². The van der Waals surface area contributed by atoms with Gasteiger partial charge in [0.25, 0.3) is 0 Å². The minimum atomic E-state index is 0.367. The SMILES string of the molecule is CN(c1cccc(Cl)c1C(N)=S)C1CCC1. The van der Waals surface area contributed by atoms with Gasteiger partial charge in [-0.25, -0.2) is 0 Å². The maximum atomic E-state index is 6.14. The van der Waals surface area contributed by atoms with Crippen molar-refractivity contribution in [3.05, 3.63) is 28.8 Å². The van der Waals surface area contributed by atoms with Crippen LogP contribution in [-0.2, 0) is 0 Å². The molecule has 86 valence electrons. The summed E-state index contributed by atoms with van der Waals surface area (Å²) in [5.74, 6) is 0. The van der Waals surface area contributed by atoms with Gasteiger partial charge >= 0.3 is 0 Å². The molecule has 0 amide bonds. The van der Waals surface area contributed by atoms with Gasteiger partial charge in [-0.15, -0.1) is 0 Å². The monoisotopic (exact) mass is 254 g/mol. The van der Waals surface area contributed by atoms with Crippen molar-refractivity contribution in [2.45, 2.75) is 25.3 Å². The van der Waals surface area contributed by atoms with Crippen LogP contribution in [0.5, 0.6) is 0 Å². The number of anilines is 1. The maximum Gasteiger partial charge on any atom is 0.107 e. The second-order valence-electron chi connectivity index (χ2n) is 4.19. The molecular formula is C12H15ClN2S. The van der Waals surface area contributed by atoms with Gasteiger partial charge in [-0.1, -0.05) is 29.9 Å². The number of nitrogens with zero attached hydrogens (tertiary/aromatic N) is 1. The van der Waals surface area contributed by atoms with Crippen LogP contribution < -0.4 is 10.6 Å². The van der Waals surface area contributed by atoms with Gasteiger partial charge in [0.1, 0.15) is 4.99 Å². The molecule has 1 saturated carbocycles. The number of halogens is 1. The van der Waals surface area contributed by atoms with E-state index in [4.69, 9.17) is 29.6 Å². The van der Waals surface area contributed by atoms with Gasteiger partial charge in [-0.3, -0.25) is 0 Å². The lowest BCUT2D eigenvalue weighted by Crippen LogP contribution is -2.38. The molecule has 1 aliphatic rings. The largest absolute Gasteiger partial charge is 0.389 e. The van der Waals surface area contributed by atoms with Crippen LogP contribution in [0.3, 0.4) is 0 Å². The van der Waals surface area contributed by atoms with Crippen LogP contribution in [0.25, 0.3) is 0 Å².